The summed E-state index contributed by atoms with van der Waals surface area (Å²) >= 11 is 0. The maximum Gasteiger partial charge on any atom is 0.238 e. The van der Waals surface area contributed by atoms with Crippen LogP contribution in [-0.2, 0) is 10.2 Å². The van der Waals surface area contributed by atoms with E-state index in [-0.39, 0.29) is 17.5 Å². The molecule has 1 saturated carbocycles. The van der Waals surface area contributed by atoms with Crippen LogP contribution >= 0.6 is 0 Å². The molecule has 1 heterocycles. The van der Waals surface area contributed by atoms with E-state index < -0.39 is 0 Å². The zero-order chi connectivity index (χ0) is 15.2. The average Bonchev–Trinajstić information content (AvgIpc) is 3.20. The van der Waals surface area contributed by atoms with Gasteiger partial charge >= 0.3 is 0 Å². The summed E-state index contributed by atoms with van der Waals surface area (Å²) in [5.41, 5.74) is 2.69. The molecule has 3 rings (SSSR count). The lowest BCUT2D eigenvalue weighted by molar-refractivity contribution is -0.130. The van der Waals surface area contributed by atoms with E-state index in [1.807, 2.05) is 0 Å². The maximum absolute atomic E-state index is 12.2. The SMILES string of the molecule is CC(C1CC1)N1C(=O)CNC1c1ccc(C(C)(C)C)cc1. The van der Waals surface area contributed by atoms with E-state index in [0.29, 0.717) is 18.5 Å². The Morgan fingerprint density at radius 2 is 1.81 bits per heavy atom. The van der Waals surface area contributed by atoms with Crippen molar-refractivity contribution in [2.75, 3.05) is 6.54 Å². The second-order valence-corrected chi connectivity index (χ2v) is 7.53. The van der Waals surface area contributed by atoms with Gasteiger partial charge in [0.15, 0.2) is 0 Å². The highest BCUT2D eigenvalue weighted by Crippen LogP contribution is 2.39. The number of rotatable bonds is 3. The van der Waals surface area contributed by atoms with Gasteiger partial charge in [0.25, 0.3) is 0 Å². The monoisotopic (exact) mass is 286 g/mol. The van der Waals surface area contributed by atoms with Gasteiger partial charge in [-0.2, -0.15) is 0 Å². The number of nitrogens with zero attached hydrogens (tertiary/aromatic N) is 1. The van der Waals surface area contributed by atoms with E-state index in [1.165, 1.54) is 24.0 Å². The number of benzene rings is 1. The van der Waals surface area contributed by atoms with Crippen molar-refractivity contribution in [2.24, 2.45) is 5.92 Å². The molecular formula is C18H26N2O. The number of carbonyl (C=O) groups is 1. The Morgan fingerprint density at radius 3 is 2.33 bits per heavy atom. The summed E-state index contributed by atoms with van der Waals surface area (Å²) in [6.07, 6.45) is 2.57. The van der Waals surface area contributed by atoms with Crippen LogP contribution < -0.4 is 5.32 Å². The summed E-state index contributed by atoms with van der Waals surface area (Å²) in [5.74, 6) is 0.935. The van der Waals surface area contributed by atoms with Gasteiger partial charge in [-0.25, -0.2) is 0 Å². The first-order valence-corrected chi connectivity index (χ1v) is 8.03. The third kappa shape index (κ3) is 2.84. The lowest BCUT2D eigenvalue weighted by atomic mass is 9.86. The molecule has 1 aliphatic carbocycles. The Morgan fingerprint density at radius 1 is 1.19 bits per heavy atom. The molecule has 1 aromatic rings. The van der Waals surface area contributed by atoms with Crippen LogP contribution in [0.25, 0.3) is 0 Å². The second kappa shape index (κ2) is 5.13. The fourth-order valence-corrected chi connectivity index (χ4v) is 3.23. The molecule has 2 unspecified atom stereocenters. The van der Waals surface area contributed by atoms with Gasteiger partial charge in [-0.05, 0) is 42.2 Å². The van der Waals surface area contributed by atoms with Gasteiger partial charge in [-0.1, -0.05) is 45.0 Å². The Bertz CT molecular complexity index is 525. The van der Waals surface area contributed by atoms with Gasteiger partial charge in [-0.15, -0.1) is 0 Å². The van der Waals surface area contributed by atoms with Crippen molar-refractivity contribution in [3.8, 4) is 0 Å². The van der Waals surface area contributed by atoms with Gasteiger partial charge in [0.05, 0.1) is 6.54 Å². The zero-order valence-electron chi connectivity index (χ0n) is 13.5. The maximum atomic E-state index is 12.2. The normalized spacial score (nSPS) is 24.5. The van der Waals surface area contributed by atoms with Crippen molar-refractivity contribution < 1.29 is 4.79 Å². The quantitative estimate of drug-likeness (QED) is 0.925. The molecule has 1 amide bonds. The van der Waals surface area contributed by atoms with Crippen molar-refractivity contribution in [3.63, 3.8) is 0 Å². The molecule has 0 spiro atoms. The molecule has 1 N–H and O–H groups in total. The molecule has 21 heavy (non-hydrogen) atoms. The van der Waals surface area contributed by atoms with Crippen LogP contribution in [0.5, 0.6) is 0 Å². The average molecular weight is 286 g/mol. The fraction of sp³-hybridized carbons (Fsp3) is 0.611. The van der Waals surface area contributed by atoms with Crippen LogP contribution in [0.3, 0.4) is 0 Å². The van der Waals surface area contributed by atoms with Crippen molar-refractivity contribution in [1.29, 1.82) is 0 Å². The lowest BCUT2D eigenvalue weighted by Gasteiger charge is -2.31. The molecule has 0 bridgehead atoms. The molecule has 3 nitrogen and oxygen atoms in total. The van der Waals surface area contributed by atoms with E-state index in [2.05, 4.69) is 62.2 Å². The van der Waals surface area contributed by atoms with Crippen molar-refractivity contribution >= 4 is 5.91 Å². The standard InChI is InChI=1S/C18H26N2O/c1-12(13-5-6-13)20-16(21)11-19-17(20)14-7-9-15(10-8-14)18(2,3)4/h7-10,12-13,17,19H,5-6,11H2,1-4H3. The molecule has 114 valence electrons. The fourth-order valence-electron chi connectivity index (χ4n) is 3.23. The van der Waals surface area contributed by atoms with E-state index >= 15 is 0 Å². The number of hydrogen-bond acceptors (Lipinski definition) is 2. The van der Waals surface area contributed by atoms with Crippen LogP contribution in [0.1, 0.15) is 57.8 Å². The van der Waals surface area contributed by atoms with Gasteiger partial charge in [0.1, 0.15) is 6.17 Å². The predicted octanol–water partition coefficient (Wildman–Crippen LogP) is 3.21. The van der Waals surface area contributed by atoms with E-state index in [4.69, 9.17) is 0 Å². The number of hydrogen-bond donors (Lipinski definition) is 1. The minimum absolute atomic E-state index is 0.0436. The van der Waals surface area contributed by atoms with Crippen LogP contribution in [0.15, 0.2) is 24.3 Å². The summed E-state index contributed by atoms with van der Waals surface area (Å²) in [6.45, 7) is 9.32. The van der Waals surface area contributed by atoms with Crippen molar-refractivity contribution in [1.82, 2.24) is 10.2 Å². The van der Waals surface area contributed by atoms with Crippen molar-refractivity contribution in [3.05, 3.63) is 35.4 Å². The number of carbonyl (C=O) groups excluding carboxylic acids is 1. The van der Waals surface area contributed by atoms with Crippen LogP contribution in [0, 0.1) is 5.92 Å². The van der Waals surface area contributed by atoms with E-state index in [9.17, 15) is 4.79 Å². The van der Waals surface area contributed by atoms with Crippen LogP contribution in [0.2, 0.25) is 0 Å². The van der Waals surface area contributed by atoms with Crippen molar-refractivity contribution in [2.45, 2.75) is 58.2 Å². The molecular weight excluding hydrogens is 260 g/mol. The molecule has 2 fully saturated rings. The lowest BCUT2D eigenvalue weighted by Crippen LogP contribution is -2.39. The molecule has 2 aliphatic rings. The summed E-state index contributed by atoms with van der Waals surface area (Å²) in [4.78, 5) is 14.3. The molecule has 3 heteroatoms. The molecule has 0 radical (unpaired) electrons. The third-order valence-corrected chi connectivity index (χ3v) is 4.85. The Hall–Kier alpha value is -1.35. The molecule has 1 aromatic carbocycles. The van der Waals surface area contributed by atoms with Gasteiger partial charge in [-0.3, -0.25) is 10.1 Å². The topological polar surface area (TPSA) is 32.3 Å². The highest BCUT2D eigenvalue weighted by atomic mass is 16.2. The zero-order valence-corrected chi connectivity index (χ0v) is 13.5. The van der Waals surface area contributed by atoms with Crippen LogP contribution in [-0.4, -0.2) is 23.4 Å². The van der Waals surface area contributed by atoms with E-state index in [1.54, 1.807) is 0 Å². The largest absolute Gasteiger partial charge is 0.319 e. The number of nitrogens with one attached hydrogen (secondary N) is 1. The van der Waals surface area contributed by atoms with Gasteiger partial charge in [0, 0.05) is 6.04 Å². The predicted molar refractivity (Wildman–Crippen MR) is 84.9 cm³/mol. The first kappa shape index (κ1) is 14.6. The highest BCUT2D eigenvalue weighted by molar-refractivity contribution is 5.81. The van der Waals surface area contributed by atoms with Crippen LogP contribution in [0.4, 0.5) is 0 Å². The molecule has 1 aliphatic heterocycles. The number of amides is 1. The second-order valence-electron chi connectivity index (χ2n) is 7.53. The minimum Gasteiger partial charge on any atom is -0.319 e. The summed E-state index contributed by atoms with van der Waals surface area (Å²) in [6, 6.07) is 9.08. The Balaban J connectivity index is 1.83. The minimum atomic E-state index is 0.0436. The summed E-state index contributed by atoms with van der Waals surface area (Å²) < 4.78 is 0. The third-order valence-electron chi connectivity index (χ3n) is 4.85. The summed E-state index contributed by atoms with van der Waals surface area (Å²) in [7, 11) is 0. The van der Waals surface area contributed by atoms with Gasteiger partial charge in [0.2, 0.25) is 5.91 Å². The molecule has 0 aromatic heterocycles. The molecule has 1 saturated heterocycles. The summed E-state index contributed by atoms with van der Waals surface area (Å²) in [5, 5.41) is 3.37. The first-order valence-electron chi connectivity index (χ1n) is 8.03. The Kier molecular flexibility index (Phi) is 3.56. The first-order chi connectivity index (χ1) is 9.88. The van der Waals surface area contributed by atoms with E-state index in [0.717, 1.165) is 0 Å². The highest BCUT2D eigenvalue weighted by Gasteiger charge is 2.41. The smallest absolute Gasteiger partial charge is 0.238 e. The van der Waals surface area contributed by atoms with Gasteiger partial charge < -0.3 is 4.90 Å². The Labute approximate surface area is 127 Å². The molecule has 2 atom stereocenters.